The third-order valence-corrected chi connectivity index (χ3v) is 4.45. The number of rotatable bonds is 3. The highest BCUT2D eigenvalue weighted by atomic mass is 35.5. The van der Waals surface area contributed by atoms with E-state index in [2.05, 4.69) is 0 Å². The molecular weight excluding hydrogens is 164 g/mol. The molecule has 1 fully saturated rings. The summed E-state index contributed by atoms with van der Waals surface area (Å²) < 4.78 is 5.62. The lowest BCUT2D eigenvalue weighted by atomic mass is 10.4. The number of hydrogen-bond acceptors (Lipinski definition) is 1. The summed E-state index contributed by atoms with van der Waals surface area (Å²) in [5, 5.41) is 0. The van der Waals surface area contributed by atoms with E-state index in [0.717, 1.165) is 18.9 Å². The second-order valence-electron chi connectivity index (χ2n) is 2.64. The van der Waals surface area contributed by atoms with Crippen LogP contribution in [0.2, 0.25) is 12.1 Å². The van der Waals surface area contributed by atoms with Gasteiger partial charge in [-0.15, -0.1) is 11.6 Å². The molecule has 1 saturated heterocycles. The summed E-state index contributed by atoms with van der Waals surface area (Å²) in [4.78, 5) is 0. The fourth-order valence-corrected chi connectivity index (χ4v) is 3.72. The van der Waals surface area contributed by atoms with E-state index in [-0.39, 0.29) is 0 Å². The second kappa shape index (κ2) is 5.16. The van der Waals surface area contributed by atoms with Crippen molar-refractivity contribution in [3.8, 4) is 0 Å². The van der Waals surface area contributed by atoms with Crippen LogP contribution < -0.4 is 0 Å². The second-order valence-corrected chi connectivity index (χ2v) is 5.38. The van der Waals surface area contributed by atoms with Crippen molar-refractivity contribution in [2.45, 2.75) is 31.4 Å². The van der Waals surface area contributed by atoms with E-state index in [1.54, 1.807) is 0 Å². The first kappa shape index (κ1) is 8.56. The maximum atomic E-state index is 5.62. The molecular formula is C7H14ClOSi. The van der Waals surface area contributed by atoms with Gasteiger partial charge in [0.15, 0.2) is 0 Å². The fraction of sp³-hybridized carbons (Fsp3) is 1.00. The quantitative estimate of drug-likeness (QED) is 0.475. The van der Waals surface area contributed by atoms with Crippen molar-refractivity contribution in [2.24, 2.45) is 0 Å². The summed E-state index contributed by atoms with van der Waals surface area (Å²) in [5.74, 6) is 0.803. The van der Waals surface area contributed by atoms with Gasteiger partial charge in [-0.2, -0.15) is 0 Å². The highest BCUT2D eigenvalue weighted by molar-refractivity contribution is 6.52. The Morgan fingerprint density at radius 1 is 1.40 bits per heavy atom. The van der Waals surface area contributed by atoms with Crippen molar-refractivity contribution in [1.29, 1.82) is 0 Å². The molecule has 0 bridgehead atoms. The van der Waals surface area contributed by atoms with Crippen LogP contribution in [0.15, 0.2) is 0 Å². The third-order valence-electron chi connectivity index (χ3n) is 1.75. The largest absolute Gasteiger partial charge is 0.417 e. The Labute approximate surface area is 69.4 Å². The van der Waals surface area contributed by atoms with Crippen molar-refractivity contribution < 1.29 is 4.43 Å². The van der Waals surface area contributed by atoms with E-state index in [1.165, 1.54) is 24.9 Å². The molecule has 1 aliphatic heterocycles. The average Bonchev–Trinajstić information content (AvgIpc) is 2.03. The van der Waals surface area contributed by atoms with Crippen LogP contribution in [-0.2, 0) is 4.43 Å². The summed E-state index contributed by atoms with van der Waals surface area (Å²) in [6.07, 6.45) is 3.81. The fourth-order valence-electron chi connectivity index (χ4n) is 1.17. The van der Waals surface area contributed by atoms with E-state index in [1.807, 2.05) is 0 Å². The summed E-state index contributed by atoms with van der Waals surface area (Å²) in [6.45, 7) is 1.01. The van der Waals surface area contributed by atoms with E-state index < -0.39 is 9.04 Å². The molecule has 10 heavy (non-hydrogen) atoms. The van der Waals surface area contributed by atoms with Gasteiger partial charge in [0.05, 0.1) is 0 Å². The molecule has 0 aromatic carbocycles. The standard InChI is InChI=1S/C7H14ClOSi/c8-4-3-7-10-6-2-1-5-9-10/h1-7H2. The lowest BCUT2D eigenvalue weighted by Crippen LogP contribution is -2.22. The van der Waals surface area contributed by atoms with E-state index in [0.29, 0.717) is 0 Å². The molecule has 0 aliphatic carbocycles. The van der Waals surface area contributed by atoms with Crippen LogP contribution in [-0.4, -0.2) is 21.5 Å². The molecule has 1 heterocycles. The molecule has 0 saturated carbocycles. The molecule has 0 aromatic rings. The molecule has 1 radical (unpaired) electrons. The Hall–Kier alpha value is 0.467. The van der Waals surface area contributed by atoms with Crippen molar-refractivity contribution in [1.82, 2.24) is 0 Å². The van der Waals surface area contributed by atoms with Crippen molar-refractivity contribution in [2.75, 3.05) is 12.5 Å². The van der Waals surface area contributed by atoms with Gasteiger partial charge in [0.2, 0.25) is 9.04 Å². The Kier molecular flexibility index (Phi) is 4.42. The van der Waals surface area contributed by atoms with Gasteiger partial charge in [0.25, 0.3) is 0 Å². The normalized spacial score (nSPS) is 21.3. The van der Waals surface area contributed by atoms with Crippen molar-refractivity contribution >= 4 is 20.6 Å². The number of hydrogen-bond donors (Lipinski definition) is 0. The smallest absolute Gasteiger partial charge is 0.211 e. The van der Waals surface area contributed by atoms with Crippen molar-refractivity contribution in [3.63, 3.8) is 0 Å². The highest BCUT2D eigenvalue weighted by Gasteiger charge is 2.15. The molecule has 59 valence electrons. The minimum atomic E-state index is -0.395. The molecule has 1 nitrogen and oxygen atoms in total. The minimum absolute atomic E-state index is 0.395. The molecule has 0 unspecified atom stereocenters. The topological polar surface area (TPSA) is 9.23 Å². The van der Waals surface area contributed by atoms with Gasteiger partial charge in [-0.25, -0.2) is 0 Å². The SMILES string of the molecule is ClCCC[Si]1CCCCO1. The zero-order chi connectivity index (χ0) is 7.23. The summed E-state index contributed by atoms with van der Waals surface area (Å²) >= 11 is 5.58. The van der Waals surface area contributed by atoms with Crippen LogP contribution in [0.1, 0.15) is 19.3 Å². The Bertz CT molecular complexity index is 83.7. The van der Waals surface area contributed by atoms with Crippen LogP contribution in [0.4, 0.5) is 0 Å². The first-order valence-corrected chi connectivity index (χ1v) is 6.32. The van der Waals surface area contributed by atoms with Crippen LogP contribution in [0.5, 0.6) is 0 Å². The molecule has 1 rings (SSSR count). The first-order valence-electron chi connectivity index (χ1n) is 3.97. The van der Waals surface area contributed by atoms with Crippen LogP contribution in [0, 0.1) is 0 Å². The zero-order valence-electron chi connectivity index (χ0n) is 6.24. The van der Waals surface area contributed by atoms with Gasteiger partial charge < -0.3 is 4.43 Å². The lowest BCUT2D eigenvalue weighted by molar-refractivity contribution is 0.286. The van der Waals surface area contributed by atoms with Crippen molar-refractivity contribution in [3.05, 3.63) is 0 Å². The maximum Gasteiger partial charge on any atom is 0.211 e. The summed E-state index contributed by atoms with van der Waals surface area (Å²) in [5.41, 5.74) is 0. The average molecular weight is 178 g/mol. The minimum Gasteiger partial charge on any atom is -0.417 e. The van der Waals surface area contributed by atoms with Gasteiger partial charge >= 0.3 is 0 Å². The van der Waals surface area contributed by atoms with Crippen LogP contribution in [0.3, 0.4) is 0 Å². The summed E-state index contributed by atoms with van der Waals surface area (Å²) in [6, 6.07) is 2.61. The van der Waals surface area contributed by atoms with Gasteiger partial charge in [-0.3, -0.25) is 0 Å². The van der Waals surface area contributed by atoms with Crippen LogP contribution >= 0.6 is 11.6 Å². The van der Waals surface area contributed by atoms with E-state index in [9.17, 15) is 0 Å². The molecule has 0 amide bonds. The monoisotopic (exact) mass is 177 g/mol. The molecule has 0 spiro atoms. The number of alkyl halides is 1. The van der Waals surface area contributed by atoms with Crippen LogP contribution in [0.25, 0.3) is 0 Å². The predicted molar refractivity (Wildman–Crippen MR) is 45.9 cm³/mol. The highest BCUT2D eigenvalue weighted by Crippen LogP contribution is 2.15. The van der Waals surface area contributed by atoms with Gasteiger partial charge in [-0.05, 0) is 24.9 Å². The zero-order valence-corrected chi connectivity index (χ0v) is 7.99. The molecule has 0 atom stereocenters. The molecule has 1 aliphatic rings. The molecule has 0 aromatic heterocycles. The summed E-state index contributed by atoms with van der Waals surface area (Å²) in [7, 11) is -0.395. The molecule has 0 N–H and O–H groups in total. The maximum absolute atomic E-state index is 5.62. The third kappa shape index (κ3) is 3.04. The predicted octanol–water partition coefficient (Wildman–Crippen LogP) is 2.42. The lowest BCUT2D eigenvalue weighted by Gasteiger charge is -2.19. The number of halogens is 1. The Balaban J connectivity index is 2.02. The van der Waals surface area contributed by atoms with Gasteiger partial charge in [0, 0.05) is 12.5 Å². The Morgan fingerprint density at radius 2 is 2.30 bits per heavy atom. The van der Waals surface area contributed by atoms with Gasteiger partial charge in [0.1, 0.15) is 0 Å². The molecule has 3 heteroatoms. The Morgan fingerprint density at radius 3 is 2.90 bits per heavy atom. The van der Waals surface area contributed by atoms with E-state index >= 15 is 0 Å². The van der Waals surface area contributed by atoms with E-state index in [4.69, 9.17) is 16.0 Å². The first-order chi connectivity index (χ1) is 4.93. The van der Waals surface area contributed by atoms with Gasteiger partial charge in [-0.1, -0.05) is 6.42 Å².